The summed E-state index contributed by atoms with van der Waals surface area (Å²) in [4.78, 5) is 0. The van der Waals surface area contributed by atoms with Gasteiger partial charge in [0.15, 0.2) is 0 Å². The fraction of sp³-hybridized carbons (Fsp3) is 1.00. The first kappa shape index (κ1) is 14.0. The average molecular weight is 227 g/mol. The monoisotopic (exact) mass is 227 g/mol. The van der Waals surface area contributed by atoms with Gasteiger partial charge in [0.1, 0.15) is 0 Å². The Morgan fingerprint density at radius 1 is 1.31 bits per heavy atom. The van der Waals surface area contributed by atoms with Crippen molar-refractivity contribution in [3.8, 4) is 0 Å². The van der Waals surface area contributed by atoms with Crippen LogP contribution in [0.15, 0.2) is 0 Å². The highest BCUT2D eigenvalue weighted by Crippen LogP contribution is 2.29. The van der Waals surface area contributed by atoms with E-state index in [1.807, 2.05) is 7.05 Å². The summed E-state index contributed by atoms with van der Waals surface area (Å²) in [5.74, 6) is 1.51. The second kappa shape index (κ2) is 7.29. The lowest BCUT2D eigenvalue weighted by Crippen LogP contribution is -2.36. The van der Waals surface area contributed by atoms with E-state index in [4.69, 9.17) is 4.74 Å². The Morgan fingerprint density at radius 3 is 2.62 bits per heavy atom. The van der Waals surface area contributed by atoms with Crippen LogP contribution < -0.4 is 5.32 Å². The second-order valence-corrected chi connectivity index (χ2v) is 5.54. The van der Waals surface area contributed by atoms with Crippen LogP contribution in [0.1, 0.15) is 52.9 Å². The highest BCUT2D eigenvalue weighted by atomic mass is 16.5. The molecule has 16 heavy (non-hydrogen) atoms. The zero-order valence-electron chi connectivity index (χ0n) is 11.5. The van der Waals surface area contributed by atoms with E-state index in [0.29, 0.717) is 18.1 Å². The van der Waals surface area contributed by atoms with Gasteiger partial charge in [0.2, 0.25) is 0 Å². The molecule has 2 nitrogen and oxygen atoms in total. The van der Waals surface area contributed by atoms with E-state index in [1.165, 1.54) is 32.1 Å². The first-order chi connectivity index (χ1) is 7.67. The Kier molecular flexibility index (Phi) is 6.37. The van der Waals surface area contributed by atoms with Crippen LogP contribution >= 0.6 is 0 Å². The molecule has 0 heterocycles. The van der Waals surface area contributed by atoms with E-state index < -0.39 is 0 Å². The van der Waals surface area contributed by atoms with Gasteiger partial charge in [-0.25, -0.2) is 0 Å². The quantitative estimate of drug-likeness (QED) is 0.752. The smallest absolute Gasteiger partial charge is 0.0725 e. The molecule has 0 aromatic carbocycles. The van der Waals surface area contributed by atoms with Crippen LogP contribution in [0, 0.1) is 11.8 Å². The molecule has 1 aliphatic rings. The van der Waals surface area contributed by atoms with Crippen LogP contribution in [0.3, 0.4) is 0 Å². The lowest BCUT2D eigenvalue weighted by Gasteiger charge is -2.33. The molecule has 1 fully saturated rings. The fourth-order valence-electron chi connectivity index (χ4n) is 2.63. The molecular formula is C14H29NO. The predicted molar refractivity (Wildman–Crippen MR) is 69.7 cm³/mol. The fourth-order valence-corrected chi connectivity index (χ4v) is 2.63. The molecule has 1 rings (SSSR count). The number of ether oxygens (including phenoxy) is 1. The van der Waals surface area contributed by atoms with Crippen molar-refractivity contribution in [3.05, 3.63) is 0 Å². The van der Waals surface area contributed by atoms with Crippen molar-refractivity contribution >= 4 is 0 Å². The maximum Gasteiger partial charge on any atom is 0.0725 e. The van der Waals surface area contributed by atoms with Gasteiger partial charge in [-0.1, -0.05) is 40.0 Å². The van der Waals surface area contributed by atoms with E-state index in [0.717, 1.165) is 12.5 Å². The van der Waals surface area contributed by atoms with Crippen molar-refractivity contribution in [1.82, 2.24) is 5.32 Å². The van der Waals surface area contributed by atoms with Gasteiger partial charge >= 0.3 is 0 Å². The topological polar surface area (TPSA) is 21.3 Å². The van der Waals surface area contributed by atoms with Gasteiger partial charge in [-0.2, -0.15) is 0 Å². The standard InChI is InChI=1S/C14H29NO/c1-5-12-7-6-8-13(9-12)16-14(10-15-4)11(2)3/h11-15H,5-10H2,1-4H3. The van der Waals surface area contributed by atoms with E-state index in [1.54, 1.807) is 0 Å². The lowest BCUT2D eigenvalue weighted by molar-refractivity contribution is -0.0580. The third-order valence-corrected chi connectivity index (χ3v) is 3.83. The van der Waals surface area contributed by atoms with Crippen LogP contribution in [0.25, 0.3) is 0 Å². The Balaban J connectivity index is 2.38. The van der Waals surface area contributed by atoms with Crippen LogP contribution in [0.4, 0.5) is 0 Å². The average Bonchev–Trinajstić information content (AvgIpc) is 2.28. The van der Waals surface area contributed by atoms with Crippen molar-refractivity contribution in [3.63, 3.8) is 0 Å². The second-order valence-electron chi connectivity index (χ2n) is 5.54. The Labute approximate surface area is 101 Å². The van der Waals surface area contributed by atoms with Gasteiger partial charge in [0.25, 0.3) is 0 Å². The minimum atomic E-state index is 0.380. The molecule has 3 unspecified atom stereocenters. The molecule has 0 bridgehead atoms. The number of rotatable bonds is 6. The van der Waals surface area contributed by atoms with Crippen LogP contribution in [-0.2, 0) is 4.74 Å². The molecule has 2 heteroatoms. The predicted octanol–water partition coefficient (Wildman–Crippen LogP) is 3.22. The third kappa shape index (κ3) is 4.42. The summed E-state index contributed by atoms with van der Waals surface area (Å²) in [5.41, 5.74) is 0. The first-order valence-electron chi connectivity index (χ1n) is 6.97. The highest BCUT2D eigenvalue weighted by Gasteiger charge is 2.25. The summed E-state index contributed by atoms with van der Waals surface area (Å²) >= 11 is 0. The largest absolute Gasteiger partial charge is 0.373 e. The summed E-state index contributed by atoms with van der Waals surface area (Å²) < 4.78 is 6.26. The summed E-state index contributed by atoms with van der Waals surface area (Å²) in [7, 11) is 2.01. The summed E-state index contributed by atoms with van der Waals surface area (Å²) in [6, 6.07) is 0. The van der Waals surface area contributed by atoms with E-state index in [9.17, 15) is 0 Å². The SMILES string of the molecule is CCC1CCCC(OC(CNC)C(C)C)C1. The lowest BCUT2D eigenvalue weighted by atomic mass is 9.85. The molecular weight excluding hydrogens is 198 g/mol. The molecule has 96 valence electrons. The van der Waals surface area contributed by atoms with Gasteiger partial charge in [0, 0.05) is 6.54 Å². The molecule has 0 saturated heterocycles. The van der Waals surface area contributed by atoms with Crippen molar-refractivity contribution in [1.29, 1.82) is 0 Å². The summed E-state index contributed by atoms with van der Waals surface area (Å²) in [6.45, 7) is 7.79. The molecule has 3 atom stereocenters. The van der Waals surface area contributed by atoms with Crippen LogP contribution in [0.5, 0.6) is 0 Å². The highest BCUT2D eigenvalue weighted by molar-refractivity contribution is 4.75. The Morgan fingerprint density at radius 2 is 2.06 bits per heavy atom. The van der Waals surface area contributed by atoms with E-state index >= 15 is 0 Å². The number of nitrogens with one attached hydrogen (secondary N) is 1. The molecule has 1 N–H and O–H groups in total. The number of hydrogen-bond acceptors (Lipinski definition) is 2. The van der Waals surface area contributed by atoms with Crippen molar-refractivity contribution < 1.29 is 4.74 Å². The molecule has 1 saturated carbocycles. The van der Waals surface area contributed by atoms with Crippen LogP contribution in [-0.4, -0.2) is 25.8 Å². The maximum absolute atomic E-state index is 6.26. The van der Waals surface area contributed by atoms with Crippen molar-refractivity contribution in [2.24, 2.45) is 11.8 Å². The van der Waals surface area contributed by atoms with E-state index in [2.05, 4.69) is 26.1 Å². The van der Waals surface area contributed by atoms with Gasteiger partial charge in [-0.05, 0) is 31.7 Å². The maximum atomic E-state index is 6.26. The van der Waals surface area contributed by atoms with Crippen molar-refractivity contribution in [2.75, 3.05) is 13.6 Å². The summed E-state index contributed by atoms with van der Waals surface area (Å²) in [5, 5.41) is 3.24. The molecule has 0 aliphatic heterocycles. The Bertz CT molecular complexity index is 182. The van der Waals surface area contributed by atoms with Gasteiger partial charge in [0.05, 0.1) is 12.2 Å². The molecule has 0 aromatic heterocycles. The zero-order valence-corrected chi connectivity index (χ0v) is 11.5. The van der Waals surface area contributed by atoms with Gasteiger partial charge in [-0.15, -0.1) is 0 Å². The van der Waals surface area contributed by atoms with Gasteiger partial charge in [-0.3, -0.25) is 0 Å². The zero-order chi connectivity index (χ0) is 12.0. The third-order valence-electron chi connectivity index (χ3n) is 3.83. The number of likely N-dealkylation sites (N-methyl/N-ethyl adjacent to an activating group) is 1. The minimum absolute atomic E-state index is 0.380. The number of hydrogen-bond donors (Lipinski definition) is 1. The van der Waals surface area contributed by atoms with Gasteiger partial charge < -0.3 is 10.1 Å². The molecule has 0 amide bonds. The normalized spacial score (nSPS) is 28.3. The minimum Gasteiger partial charge on any atom is -0.373 e. The molecule has 1 aliphatic carbocycles. The van der Waals surface area contributed by atoms with Crippen molar-refractivity contribution in [2.45, 2.75) is 65.1 Å². The summed E-state index contributed by atoms with van der Waals surface area (Å²) in [6.07, 6.45) is 7.53. The molecule has 0 spiro atoms. The van der Waals surface area contributed by atoms with Crippen LogP contribution in [0.2, 0.25) is 0 Å². The van der Waals surface area contributed by atoms with E-state index in [-0.39, 0.29) is 0 Å². The first-order valence-corrected chi connectivity index (χ1v) is 6.97. The molecule has 0 radical (unpaired) electrons. The molecule has 0 aromatic rings. The Hall–Kier alpha value is -0.0800.